The van der Waals surface area contributed by atoms with Gasteiger partial charge in [0.15, 0.2) is 5.79 Å². The second-order valence-electron chi connectivity index (χ2n) is 7.44. The van der Waals surface area contributed by atoms with Crippen molar-refractivity contribution in [2.75, 3.05) is 38.2 Å². The lowest BCUT2D eigenvalue weighted by Gasteiger charge is -2.40. The average Bonchev–Trinajstić information content (AvgIpc) is 3.11. The highest BCUT2D eigenvalue weighted by Crippen LogP contribution is 2.33. The van der Waals surface area contributed by atoms with Crippen LogP contribution in [-0.4, -0.2) is 55.4 Å². The van der Waals surface area contributed by atoms with E-state index in [0.717, 1.165) is 5.75 Å². The number of nitrogens with zero attached hydrogens (tertiary/aromatic N) is 1. The van der Waals surface area contributed by atoms with Gasteiger partial charge >= 0.3 is 0 Å². The van der Waals surface area contributed by atoms with E-state index in [1.807, 2.05) is 6.92 Å². The summed E-state index contributed by atoms with van der Waals surface area (Å²) >= 11 is 0. The summed E-state index contributed by atoms with van der Waals surface area (Å²) < 4.78 is 16.8. The van der Waals surface area contributed by atoms with E-state index in [0.29, 0.717) is 51.4 Å². The fourth-order valence-electron chi connectivity index (χ4n) is 3.42. The van der Waals surface area contributed by atoms with Crippen molar-refractivity contribution in [3.63, 3.8) is 0 Å². The van der Waals surface area contributed by atoms with Crippen LogP contribution in [0.25, 0.3) is 0 Å². The van der Waals surface area contributed by atoms with Crippen LogP contribution in [0.4, 0.5) is 5.69 Å². The fourth-order valence-corrected chi connectivity index (χ4v) is 3.42. The molecule has 2 saturated heterocycles. The first kappa shape index (κ1) is 19.6. The topological polar surface area (TPSA) is 77.1 Å². The van der Waals surface area contributed by atoms with Crippen LogP contribution in [0.15, 0.2) is 24.3 Å². The number of rotatable bonds is 5. The number of amides is 2. The van der Waals surface area contributed by atoms with E-state index < -0.39 is 11.2 Å². The number of benzene rings is 1. The van der Waals surface area contributed by atoms with Crippen LogP contribution in [0, 0.1) is 5.41 Å². The number of piperidine rings is 1. The van der Waals surface area contributed by atoms with Crippen molar-refractivity contribution < 1.29 is 23.8 Å². The SMILES string of the molecule is CCOc1ccc(NC(=O)C(C)(C)C(=O)N2CCC3(CC2)OCCO3)cc1. The van der Waals surface area contributed by atoms with E-state index in [4.69, 9.17) is 14.2 Å². The van der Waals surface area contributed by atoms with Gasteiger partial charge in [-0.25, -0.2) is 0 Å². The van der Waals surface area contributed by atoms with E-state index in [-0.39, 0.29) is 11.8 Å². The molecule has 0 unspecified atom stereocenters. The molecule has 2 fully saturated rings. The summed E-state index contributed by atoms with van der Waals surface area (Å²) in [6.07, 6.45) is 1.27. The Balaban J connectivity index is 1.59. The largest absolute Gasteiger partial charge is 0.494 e. The Labute approximate surface area is 160 Å². The molecular formula is C20H28N2O5. The van der Waals surface area contributed by atoms with Crippen LogP contribution >= 0.6 is 0 Å². The molecule has 0 aliphatic carbocycles. The molecule has 2 aliphatic rings. The predicted molar refractivity (Wildman–Crippen MR) is 100 cm³/mol. The predicted octanol–water partition coefficient (Wildman–Crippen LogP) is 2.42. The molecule has 0 atom stereocenters. The van der Waals surface area contributed by atoms with E-state index in [1.165, 1.54) is 0 Å². The summed E-state index contributed by atoms with van der Waals surface area (Å²) in [4.78, 5) is 27.4. The lowest BCUT2D eigenvalue weighted by molar-refractivity contribution is -0.189. The van der Waals surface area contributed by atoms with Gasteiger partial charge in [-0.15, -0.1) is 0 Å². The number of hydrogen-bond acceptors (Lipinski definition) is 5. The Morgan fingerprint density at radius 3 is 2.30 bits per heavy atom. The first-order valence-corrected chi connectivity index (χ1v) is 9.48. The molecular weight excluding hydrogens is 348 g/mol. The van der Waals surface area contributed by atoms with Gasteiger partial charge in [0.1, 0.15) is 11.2 Å². The fraction of sp³-hybridized carbons (Fsp3) is 0.600. The number of hydrogen-bond donors (Lipinski definition) is 1. The van der Waals surface area contributed by atoms with Crippen LogP contribution < -0.4 is 10.1 Å². The smallest absolute Gasteiger partial charge is 0.239 e. The first-order chi connectivity index (χ1) is 12.9. The third-order valence-corrected chi connectivity index (χ3v) is 5.15. The van der Waals surface area contributed by atoms with Gasteiger partial charge in [0.25, 0.3) is 0 Å². The number of likely N-dealkylation sites (tertiary alicyclic amines) is 1. The molecule has 27 heavy (non-hydrogen) atoms. The highest BCUT2D eigenvalue weighted by Gasteiger charge is 2.45. The van der Waals surface area contributed by atoms with Gasteiger partial charge in [-0.05, 0) is 45.0 Å². The third-order valence-electron chi connectivity index (χ3n) is 5.15. The van der Waals surface area contributed by atoms with Crippen molar-refractivity contribution in [1.82, 2.24) is 4.90 Å². The maximum Gasteiger partial charge on any atom is 0.239 e. The Hall–Kier alpha value is -2.12. The van der Waals surface area contributed by atoms with E-state index >= 15 is 0 Å². The van der Waals surface area contributed by atoms with Gasteiger partial charge < -0.3 is 24.4 Å². The molecule has 7 heteroatoms. The maximum absolute atomic E-state index is 13.0. The van der Waals surface area contributed by atoms with Crippen LogP contribution in [-0.2, 0) is 19.1 Å². The molecule has 3 rings (SSSR count). The Kier molecular flexibility index (Phi) is 5.72. The molecule has 0 saturated carbocycles. The summed E-state index contributed by atoms with van der Waals surface area (Å²) in [5.74, 6) is -0.306. The summed E-state index contributed by atoms with van der Waals surface area (Å²) in [6.45, 7) is 8.07. The molecule has 2 amide bonds. The minimum atomic E-state index is -1.17. The van der Waals surface area contributed by atoms with E-state index in [9.17, 15) is 9.59 Å². The van der Waals surface area contributed by atoms with Crippen LogP contribution in [0.1, 0.15) is 33.6 Å². The summed E-state index contributed by atoms with van der Waals surface area (Å²) in [7, 11) is 0. The lowest BCUT2D eigenvalue weighted by Crippen LogP contribution is -2.53. The molecule has 7 nitrogen and oxygen atoms in total. The van der Waals surface area contributed by atoms with Crippen LogP contribution in [0.5, 0.6) is 5.75 Å². The maximum atomic E-state index is 13.0. The Morgan fingerprint density at radius 2 is 1.74 bits per heavy atom. The van der Waals surface area contributed by atoms with E-state index in [1.54, 1.807) is 43.0 Å². The molecule has 1 aromatic rings. The summed E-state index contributed by atoms with van der Waals surface area (Å²) in [5.41, 5.74) is -0.532. The zero-order valence-corrected chi connectivity index (χ0v) is 16.2. The van der Waals surface area contributed by atoms with Crippen molar-refractivity contribution in [3.8, 4) is 5.75 Å². The molecule has 2 heterocycles. The second-order valence-corrected chi connectivity index (χ2v) is 7.44. The van der Waals surface area contributed by atoms with Gasteiger partial charge in [-0.3, -0.25) is 9.59 Å². The standard InChI is InChI=1S/C20H28N2O5/c1-4-25-16-7-5-15(6-8-16)21-17(23)19(2,3)18(24)22-11-9-20(10-12-22)26-13-14-27-20/h5-8H,4,9-14H2,1-3H3,(H,21,23). The molecule has 0 aromatic heterocycles. The van der Waals surface area contributed by atoms with Crippen molar-refractivity contribution in [2.45, 2.75) is 39.4 Å². The lowest BCUT2D eigenvalue weighted by atomic mass is 9.88. The normalized spacial score (nSPS) is 19.1. The van der Waals surface area contributed by atoms with Crippen LogP contribution in [0.3, 0.4) is 0 Å². The quantitative estimate of drug-likeness (QED) is 0.799. The Morgan fingerprint density at radius 1 is 1.15 bits per heavy atom. The monoisotopic (exact) mass is 376 g/mol. The number of carbonyl (C=O) groups excluding carboxylic acids is 2. The van der Waals surface area contributed by atoms with Gasteiger partial charge in [0, 0.05) is 31.6 Å². The minimum absolute atomic E-state index is 0.182. The number of nitrogens with one attached hydrogen (secondary N) is 1. The molecule has 0 radical (unpaired) electrons. The third kappa shape index (κ3) is 4.25. The second kappa shape index (κ2) is 7.86. The highest BCUT2D eigenvalue weighted by atomic mass is 16.7. The molecule has 1 N–H and O–H groups in total. The van der Waals surface area contributed by atoms with Crippen molar-refractivity contribution in [3.05, 3.63) is 24.3 Å². The van der Waals surface area contributed by atoms with Crippen molar-refractivity contribution in [2.24, 2.45) is 5.41 Å². The van der Waals surface area contributed by atoms with Crippen molar-refractivity contribution in [1.29, 1.82) is 0 Å². The molecule has 1 spiro atoms. The van der Waals surface area contributed by atoms with E-state index in [2.05, 4.69) is 5.32 Å². The number of anilines is 1. The van der Waals surface area contributed by atoms with Crippen LogP contribution in [0.2, 0.25) is 0 Å². The zero-order chi connectivity index (χ0) is 19.5. The zero-order valence-electron chi connectivity index (χ0n) is 16.2. The summed E-state index contributed by atoms with van der Waals surface area (Å²) in [5, 5.41) is 2.83. The summed E-state index contributed by atoms with van der Waals surface area (Å²) in [6, 6.07) is 7.12. The molecule has 2 aliphatic heterocycles. The highest BCUT2D eigenvalue weighted by molar-refractivity contribution is 6.09. The Bertz CT molecular complexity index is 670. The van der Waals surface area contributed by atoms with Crippen molar-refractivity contribution >= 4 is 17.5 Å². The number of ether oxygens (including phenoxy) is 3. The van der Waals surface area contributed by atoms with Gasteiger partial charge in [0.05, 0.1) is 19.8 Å². The average molecular weight is 376 g/mol. The molecule has 148 valence electrons. The van der Waals surface area contributed by atoms with Gasteiger partial charge in [-0.1, -0.05) is 0 Å². The molecule has 1 aromatic carbocycles. The number of carbonyl (C=O) groups is 2. The van der Waals surface area contributed by atoms with Gasteiger partial charge in [0.2, 0.25) is 11.8 Å². The first-order valence-electron chi connectivity index (χ1n) is 9.48. The minimum Gasteiger partial charge on any atom is -0.494 e. The molecule has 0 bridgehead atoms. The van der Waals surface area contributed by atoms with Gasteiger partial charge in [-0.2, -0.15) is 0 Å².